The maximum absolute atomic E-state index is 13.2. The lowest BCUT2D eigenvalue weighted by atomic mass is 10.2. The molecule has 1 aliphatic rings. The van der Waals surface area contributed by atoms with Gasteiger partial charge in [0, 0.05) is 24.8 Å². The first kappa shape index (κ1) is 20.7. The molecule has 0 aliphatic carbocycles. The Bertz CT molecular complexity index is 1360. The summed E-state index contributed by atoms with van der Waals surface area (Å²) in [6.45, 7) is 2.77. The zero-order valence-corrected chi connectivity index (χ0v) is 18.8. The van der Waals surface area contributed by atoms with E-state index in [-0.39, 0.29) is 6.04 Å². The van der Waals surface area contributed by atoms with E-state index in [9.17, 15) is 8.42 Å². The van der Waals surface area contributed by atoms with Gasteiger partial charge in [0.05, 0.1) is 18.0 Å². The summed E-state index contributed by atoms with van der Waals surface area (Å²) < 4.78 is 35.4. The lowest BCUT2D eigenvalue weighted by Crippen LogP contribution is -2.29. The highest BCUT2D eigenvalue weighted by molar-refractivity contribution is 7.89. The highest BCUT2D eigenvalue weighted by Crippen LogP contribution is 2.34. The zero-order valence-electron chi connectivity index (χ0n) is 18.0. The van der Waals surface area contributed by atoms with E-state index in [4.69, 9.17) is 9.72 Å². The van der Waals surface area contributed by atoms with Crippen molar-refractivity contribution in [2.75, 3.05) is 20.2 Å². The Hall–Kier alpha value is -3.23. The van der Waals surface area contributed by atoms with Crippen molar-refractivity contribution in [3.63, 3.8) is 0 Å². The minimum atomic E-state index is -3.56. The van der Waals surface area contributed by atoms with Gasteiger partial charge in [-0.3, -0.25) is 0 Å². The van der Waals surface area contributed by atoms with Crippen LogP contribution in [0.5, 0.6) is 5.75 Å². The van der Waals surface area contributed by atoms with Crippen LogP contribution in [0.1, 0.15) is 18.0 Å². The Morgan fingerprint density at radius 2 is 1.78 bits per heavy atom. The molecule has 2 aromatic heterocycles. The van der Waals surface area contributed by atoms with Crippen LogP contribution in [-0.2, 0) is 10.0 Å². The van der Waals surface area contributed by atoms with E-state index in [0.29, 0.717) is 24.4 Å². The standard InChI is InChI=1S/C24H24N4O3S/c1-17-5-11-21(12-6-17)32(29,30)27-15-13-19(16-27)28-23(18-7-9-20(31-2)10-8-18)26-22-4-3-14-25-24(22)28/h3-12,14,19H,13,15-16H2,1-2H3/t19-/m0/s1. The van der Waals surface area contributed by atoms with Gasteiger partial charge in [-0.25, -0.2) is 18.4 Å². The molecule has 0 amide bonds. The molecule has 1 saturated heterocycles. The minimum absolute atomic E-state index is 0.0628. The number of benzene rings is 2. The van der Waals surface area contributed by atoms with Crippen molar-refractivity contribution < 1.29 is 13.2 Å². The maximum atomic E-state index is 13.2. The predicted molar refractivity (Wildman–Crippen MR) is 123 cm³/mol. The van der Waals surface area contributed by atoms with E-state index >= 15 is 0 Å². The number of rotatable bonds is 5. The van der Waals surface area contributed by atoms with Gasteiger partial charge in [-0.2, -0.15) is 4.31 Å². The van der Waals surface area contributed by atoms with Crippen molar-refractivity contribution >= 4 is 21.2 Å². The lowest BCUT2D eigenvalue weighted by molar-refractivity contribution is 0.415. The van der Waals surface area contributed by atoms with Crippen LogP contribution in [0.3, 0.4) is 0 Å². The monoisotopic (exact) mass is 448 g/mol. The number of sulfonamides is 1. The summed E-state index contributed by atoms with van der Waals surface area (Å²) in [4.78, 5) is 9.72. The number of methoxy groups -OCH3 is 1. The van der Waals surface area contributed by atoms with E-state index in [2.05, 4.69) is 9.55 Å². The van der Waals surface area contributed by atoms with Crippen LogP contribution in [0.25, 0.3) is 22.6 Å². The molecular formula is C24H24N4O3S. The number of hydrogen-bond acceptors (Lipinski definition) is 5. The average Bonchev–Trinajstić information content (AvgIpc) is 3.45. The summed E-state index contributed by atoms with van der Waals surface area (Å²) in [5, 5.41) is 0. The van der Waals surface area contributed by atoms with Crippen molar-refractivity contribution in [1.82, 2.24) is 18.8 Å². The van der Waals surface area contributed by atoms with E-state index in [1.54, 1.807) is 29.7 Å². The third-order valence-corrected chi connectivity index (χ3v) is 7.83. The second-order valence-corrected chi connectivity index (χ2v) is 9.94. The molecule has 5 rings (SSSR count). The molecule has 0 bridgehead atoms. The number of aromatic nitrogens is 3. The first-order chi connectivity index (χ1) is 15.5. The Morgan fingerprint density at radius 1 is 1.03 bits per heavy atom. The number of nitrogens with zero attached hydrogens (tertiary/aromatic N) is 4. The fourth-order valence-corrected chi connectivity index (χ4v) is 5.71. The molecule has 7 nitrogen and oxygen atoms in total. The van der Waals surface area contributed by atoms with Crippen molar-refractivity contribution in [2.45, 2.75) is 24.3 Å². The summed E-state index contributed by atoms with van der Waals surface area (Å²) >= 11 is 0. The Kier molecular flexibility index (Phi) is 5.19. The number of pyridine rings is 1. The summed E-state index contributed by atoms with van der Waals surface area (Å²) in [5.74, 6) is 1.55. The molecule has 0 unspecified atom stereocenters. The van der Waals surface area contributed by atoms with E-state index < -0.39 is 10.0 Å². The van der Waals surface area contributed by atoms with Crippen molar-refractivity contribution in [3.8, 4) is 17.1 Å². The highest BCUT2D eigenvalue weighted by atomic mass is 32.2. The fraction of sp³-hybridized carbons (Fsp3) is 0.250. The van der Waals surface area contributed by atoms with Gasteiger partial charge < -0.3 is 9.30 Å². The first-order valence-corrected chi connectivity index (χ1v) is 12.0. The smallest absolute Gasteiger partial charge is 0.243 e. The summed E-state index contributed by atoms with van der Waals surface area (Å²) in [7, 11) is -1.92. The van der Waals surface area contributed by atoms with Gasteiger partial charge in [-0.15, -0.1) is 0 Å². The average molecular weight is 449 g/mol. The number of fused-ring (bicyclic) bond motifs is 1. The van der Waals surface area contributed by atoms with Crippen LogP contribution >= 0.6 is 0 Å². The molecule has 0 radical (unpaired) electrons. The van der Waals surface area contributed by atoms with Gasteiger partial charge in [0.15, 0.2) is 5.65 Å². The van der Waals surface area contributed by atoms with Crippen molar-refractivity contribution in [1.29, 1.82) is 0 Å². The Morgan fingerprint density at radius 3 is 2.50 bits per heavy atom. The number of ether oxygens (including phenoxy) is 1. The topological polar surface area (TPSA) is 77.3 Å². The van der Waals surface area contributed by atoms with Crippen LogP contribution < -0.4 is 4.74 Å². The molecule has 32 heavy (non-hydrogen) atoms. The molecule has 164 valence electrons. The maximum Gasteiger partial charge on any atom is 0.243 e. The molecule has 1 fully saturated rings. The van der Waals surface area contributed by atoms with Gasteiger partial charge in [0.2, 0.25) is 10.0 Å². The SMILES string of the molecule is COc1ccc(-c2nc3cccnc3n2[C@H]2CCN(S(=O)(=O)c3ccc(C)cc3)C2)cc1. The van der Waals surface area contributed by atoms with Crippen molar-refractivity contribution in [3.05, 3.63) is 72.4 Å². The molecule has 4 aromatic rings. The summed E-state index contributed by atoms with van der Waals surface area (Å²) in [6.07, 6.45) is 2.43. The van der Waals surface area contributed by atoms with Gasteiger partial charge in [0.1, 0.15) is 17.1 Å². The van der Waals surface area contributed by atoms with Gasteiger partial charge >= 0.3 is 0 Å². The fourth-order valence-electron chi connectivity index (χ4n) is 4.22. The molecule has 2 aromatic carbocycles. The molecule has 3 heterocycles. The second-order valence-electron chi connectivity index (χ2n) is 8.00. The Labute approximate surface area is 187 Å². The number of imidazole rings is 1. The normalized spacial score (nSPS) is 17.1. The predicted octanol–water partition coefficient (Wildman–Crippen LogP) is 4.05. The van der Waals surface area contributed by atoms with Gasteiger partial charge in [-0.05, 0) is 61.9 Å². The van der Waals surface area contributed by atoms with Gasteiger partial charge in [0.25, 0.3) is 0 Å². The number of hydrogen-bond donors (Lipinski definition) is 0. The molecule has 0 saturated carbocycles. The molecule has 8 heteroatoms. The van der Waals surface area contributed by atoms with Crippen LogP contribution in [0.15, 0.2) is 71.8 Å². The molecule has 0 spiro atoms. The third-order valence-electron chi connectivity index (χ3n) is 5.95. The molecule has 0 N–H and O–H groups in total. The van der Waals surface area contributed by atoms with Crippen LogP contribution in [0, 0.1) is 6.92 Å². The summed E-state index contributed by atoms with van der Waals surface area (Å²) in [5.41, 5.74) is 3.52. The Balaban J connectivity index is 1.53. The second kappa shape index (κ2) is 8.03. The summed E-state index contributed by atoms with van der Waals surface area (Å²) in [6, 6.07) is 18.5. The third kappa shape index (κ3) is 3.55. The van der Waals surface area contributed by atoms with E-state index in [1.165, 1.54) is 0 Å². The van der Waals surface area contributed by atoms with E-state index in [0.717, 1.165) is 33.9 Å². The minimum Gasteiger partial charge on any atom is -0.497 e. The number of aryl methyl sites for hydroxylation is 1. The molecular weight excluding hydrogens is 424 g/mol. The quantitative estimate of drug-likeness (QED) is 0.460. The first-order valence-electron chi connectivity index (χ1n) is 10.5. The lowest BCUT2D eigenvalue weighted by Gasteiger charge is -2.19. The van der Waals surface area contributed by atoms with Crippen LogP contribution in [0.2, 0.25) is 0 Å². The van der Waals surface area contributed by atoms with E-state index in [1.807, 2.05) is 55.5 Å². The molecule has 1 atom stereocenters. The highest BCUT2D eigenvalue weighted by Gasteiger charge is 2.35. The zero-order chi connectivity index (χ0) is 22.3. The van der Waals surface area contributed by atoms with Crippen LogP contribution in [-0.4, -0.2) is 47.5 Å². The van der Waals surface area contributed by atoms with Crippen LogP contribution in [0.4, 0.5) is 0 Å². The molecule has 1 aliphatic heterocycles. The van der Waals surface area contributed by atoms with Gasteiger partial charge in [-0.1, -0.05) is 17.7 Å². The van der Waals surface area contributed by atoms with Crippen molar-refractivity contribution in [2.24, 2.45) is 0 Å². The largest absolute Gasteiger partial charge is 0.497 e.